The van der Waals surface area contributed by atoms with E-state index in [-0.39, 0.29) is 12.0 Å². The minimum Gasteiger partial charge on any atom is -0.481 e. The largest absolute Gasteiger partial charge is 0.481 e. The smallest absolute Gasteiger partial charge is 0.308 e. The molecule has 0 aromatic rings. The summed E-state index contributed by atoms with van der Waals surface area (Å²) in [5.41, 5.74) is 5.62. The van der Waals surface area contributed by atoms with Crippen LogP contribution >= 0.6 is 0 Å². The number of nitrogens with two attached hydrogens (primary N) is 1. The highest BCUT2D eigenvalue weighted by Gasteiger charge is 2.22. The van der Waals surface area contributed by atoms with Crippen LogP contribution in [0.15, 0.2) is 0 Å². The number of carbonyl (C=O) groups is 2. The summed E-state index contributed by atoms with van der Waals surface area (Å²) < 4.78 is 0. The van der Waals surface area contributed by atoms with E-state index in [1.54, 1.807) is 0 Å². The second-order valence-electron chi connectivity index (χ2n) is 5.63. The predicted molar refractivity (Wildman–Crippen MR) is 85.2 cm³/mol. The number of aliphatic carboxylic acids is 2. The van der Waals surface area contributed by atoms with Crippen molar-refractivity contribution in [1.29, 1.82) is 0 Å². The zero-order chi connectivity index (χ0) is 16.8. The first-order valence-corrected chi connectivity index (χ1v) is 8.00. The third-order valence-electron chi connectivity index (χ3n) is 3.54. The first-order chi connectivity index (χ1) is 9.79. The van der Waals surface area contributed by atoms with E-state index in [1.165, 1.54) is 0 Å². The van der Waals surface area contributed by atoms with Gasteiger partial charge in [0, 0.05) is 12.5 Å². The number of carboxylic acid groups (broad SMARTS) is 2. The Bertz CT molecular complexity index is 281. The predicted octanol–water partition coefficient (Wildman–Crippen LogP) is 3.51. The Kier molecular flexibility index (Phi) is 14.6. The summed E-state index contributed by atoms with van der Waals surface area (Å²) in [5.74, 6) is -1.23. The van der Waals surface area contributed by atoms with Crippen LogP contribution in [-0.2, 0) is 9.59 Å². The molecule has 21 heavy (non-hydrogen) atoms. The van der Waals surface area contributed by atoms with Gasteiger partial charge in [-0.05, 0) is 25.2 Å². The van der Waals surface area contributed by atoms with Crippen molar-refractivity contribution in [1.82, 2.24) is 0 Å². The lowest BCUT2D eigenvalue weighted by Crippen LogP contribution is -2.34. The van der Waals surface area contributed by atoms with Gasteiger partial charge in [0.25, 0.3) is 0 Å². The van der Waals surface area contributed by atoms with E-state index >= 15 is 0 Å². The molecule has 0 fully saturated rings. The van der Waals surface area contributed by atoms with Crippen LogP contribution in [0.2, 0.25) is 0 Å². The monoisotopic (exact) mass is 303 g/mol. The number of rotatable bonds is 10. The van der Waals surface area contributed by atoms with Crippen molar-refractivity contribution in [3.8, 4) is 0 Å². The fraction of sp³-hybridized carbons (Fsp3) is 0.875. The van der Waals surface area contributed by atoms with Crippen LogP contribution in [0.25, 0.3) is 0 Å². The summed E-state index contributed by atoms with van der Waals surface area (Å²) in [6.45, 7) is 8.11. The first-order valence-electron chi connectivity index (χ1n) is 8.00. The minimum atomic E-state index is -0.763. The van der Waals surface area contributed by atoms with E-state index in [2.05, 4.69) is 13.8 Å². The highest BCUT2D eigenvalue weighted by atomic mass is 16.4. The average molecular weight is 303 g/mol. The molecule has 0 heterocycles. The summed E-state index contributed by atoms with van der Waals surface area (Å²) >= 11 is 0. The van der Waals surface area contributed by atoms with E-state index in [9.17, 15) is 9.59 Å². The zero-order valence-corrected chi connectivity index (χ0v) is 14.0. The lowest BCUT2D eigenvalue weighted by atomic mass is 9.94. The lowest BCUT2D eigenvalue weighted by Gasteiger charge is -2.17. The molecule has 5 heteroatoms. The fourth-order valence-electron chi connectivity index (χ4n) is 2.12. The Labute approximate surface area is 128 Å². The summed E-state index contributed by atoms with van der Waals surface area (Å²) in [4.78, 5) is 20.7. The Balaban J connectivity index is 0. The maximum Gasteiger partial charge on any atom is 0.308 e. The second-order valence-corrected chi connectivity index (χ2v) is 5.63. The van der Waals surface area contributed by atoms with Gasteiger partial charge in [-0.3, -0.25) is 9.59 Å². The van der Waals surface area contributed by atoms with E-state index in [0.29, 0.717) is 18.8 Å². The normalized spacial score (nSPS) is 14.5. The van der Waals surface area contributed by atoms with E-state index < -0.39 is 11.9 Å². The zero-order valence-electron chi connectivity index (χ0n) is 14.0. The van der Waals surface area contributed by atoms with E-state index in [1.807, 2.05) is 13.8 Å². The molecule has 3 atom stereocenters. The Morgan fingerprint density at radius 3 is 1.86 bits per heavy atom. The highest BCUT2D eigenvalue weighted by Crippen LogP contribution is 2.12. The molecule has 0 aliphatic heterocycles. The molecule has 0 aromatic heterocycles. The Hall–Kier alpha value is -1.10. The van der Waals surface area contributed by atoms with Crippen LogP contribution in [0.4, 0.5) is 0 Å². The summed E-state index contributed by atoms with van der Waals surface area (Å²) in [5, 5.41) is 17.1. The molecule has 3 unspecified atom stereocenters. The topological polar surface area (TPSA) is 101 Å². The molecule has 0 aliphatic carbocycles. The maximum atomic E-state index is 10.6. The number of carboxylic acids is 2. The van der Waals surface area contributed by atoms with Gasteiger partial charge in [-0.15, -0.1) is 0 Å². The molecular formula is C16H33NO4. The second kappa shape index (κ2) is 13.9. The van der Waals surface area contributed by atoms with Crippen LogP contribution in [0, 0.1) is 11.8 Å². The van der Waals surface area contributed by atoms with Crippen molar-refractivity contribution in [2.24, 2.45) is 17.6 Å². The van der Waals surface area contributed by atoms with Gasteiger partial charge in [-0.2, -0.15) is 0 Å². The number of hydrogen-bond acceptors (Lipinski definition) is 3. The van der Waals surface area contributed by atoms with Gasteiger partial charge < -0.3 is 15.9 Å². The molecule has 0 bridgehead atoms. The van der Waals surface area contributed by atoms with Crippen LogP contribution < -0.4 is 5.73 Å². The number of hydrogen-bond donors (Lipinski definition) is 3. The van der Waals surface area contributed by atoms with Crippen molar-refractivity contribution in [2.45, 2.75) is 78.7 Å². The summed E-state index contributed by atoms with van der Waals surface area (Å²) in [6.07, 6.45) is 5.74. The van der Waals surface area contributed by atoms with Gasteiger partial charge in [0.05, 0.1) is 5.92 Å². The third kappa shape index (κ3) is 13.6. The molecule has 0 saturated heterocycles. The molecule has 0 radical (unpaired) electrons. The van der Waals surface area contributed by atoms with Gasteiger partial charge in [0.2, 0.25) is 0 Å². The molecule has 0 rings (SSSR count). The lowest BCUT2D eigenvalue weighted by molar-refractivity contribution is -0.142. The minimum absolute atomic E-state index is 0.188. The Morgan fingerprint density at radius 2 is 1.52 bits per heavy atom. The van der Waals surface area contributed by atoms with Gasteiger partial charge in [-0.25, -0.2) is 0 Å². The molecule has 0 spiro atoms. The fourth-order valence-corrected chi connectivity index (χ4v) is 2.12. The van der Waals surface area contributed by atoms with Gasteiger partial charge >= 0.3 is 11.9 Å². The quantitative estimate of drug-likeness (QED) is 0.573. The van der Waals surface area contributed by atoms with Crippen molar-refractivity contribution < 1.29 is 19.8 Å². The van der Waals surface area contributed by atoms with Crippen LogP contribution in [-0.4, -0.2) is 28.2 Å². The third-order valence-corrected chi connectivity index (χ3v) is 3.54. The van der Waals surface area contributed by atoms with Crippen molar-refractivity contribution in [3.05, 3.63) is 0 Å². The van der Waals surface area contributed by atoms with E-state index in [0.717, 1.165) is 32.1 Å². The molecule has 4 N–H and O–H groups in total. The van der Waals surface area contributed by atoms with Crippen molar-refractivity contribution in [2.75, 3.05) is 0 Å². The van der Waals surface area contributed by atoms with Crippen molar-refractivity contribution in [3.63, 3.8) is 0 Å². The van der Waals surface area contributed by atoms with Crippen LogP contribution in [0.3, 0.4) is 0 Å². The molecule has 5 nitrogen and oxygen atoms in total. The summed E-state index contributed by atoms with van der Waals surface area (Å²) in [6, 6.07) is -0.188. The van der Waals surface area contributed by atoms with Crippen molar-refractivity contribution >= 4 is 11.9 Å². The molecule has 0 amide bonds. The van der Waals surface area contributed by atoms with E-state index in [4.69, 9.17) is 15.9 Å². The Morgan fingerprint density at radius 1 is 1.00 bits per heavy atom. The van der Waals surface area contributed by atoms with Crippen LogP contribution in [0.5, 0.6) is 0 Å². The molecule has 0 aliphatic rings. The van der Waals surface area contributed by atoms with Gasteiger partial charge in [0.1, 0.15) is 0 Å². The van der Waals surface area contributed by atoms with Crippen LogP contribution in [0.1, 0.15) is 72.6 Å². The molecule has 0 aromatic carbocycles. The standard InChI is InChI=1S/C8H17NO2.C8H16O2/c1-3-5-6(8(10)11)7(9)4-2;1-3-4-7(2)5-6-8(9)10/h6-7H,3-5,9H2,1-2H3,(H,10,11);7H,3-6H2,1-2H3,(H,9,10). The molecule has 0 saturated carbocycles. The first kappa shape index (κ1) is 22.2. The molecule has 126 valence electrons. The van der Waals surface area contributed by atoms with Gasteiger partial charge in [0.15, 0.2) is 0 Å². The average Bonchev–Trinajstić information content (AvgIpc) is 2.42. The highest BCUT2D eigenvalue weighted by molar-refractivity contribution is 5.70. The SMILES string of the molecule is CCCC(C(=O)O)C(N)CC.CCCC(C)CCC(=O)O. The maximum absolute atomic E-state index is 10.6. The van der Waals surface area contributed by atoms with Gasteiger partial charge in [-0.1, -0.05) is 47.0 Å². The summed E-state index contributed by atoms with van der Waals surface area (Å²) in [7, 11) is 0. The molecular weight excluding hydrogens is 270 g/mol.